The Hall–Kier alpha value is -1.06. The first-order valence-electron chi connectivity index (χ1n) is 8.08. The zero-order chi connectivity index (χ0) is 15.9. The van der Waals surface area contributed by atoms with E-state index in [-0.39, 0.29) is 23.8 Å². The highest BCUT2D eigenvalue weighted by Gasteiger charge is 2.56. The highest BCUT2D eigenvalue weighted by atomic mass is 16.5. The molecule has 0 aromatic heterocycles. The molecule has 3 unspecified atom stereocenters. The Morgan fingerprint density at radius 2 is 1.81 bits per heavy atom. The molecule has 4 heteroatoms. The lowest BCUT2D eigenvalue weighted by molar-refractivity contribution is -0.150. The molecule has 1 N–H and O–H groups in total. The van der Waals surface area contributed by atoms with Crippen molar-refractivity contribution in [3.05, 3.63) is 0 Å². The summed E-state index contributed by atoms with van der Waals surface area (Å²) in [7, 11) is 1.36. The van der Waals surface area contributed by atoms with E-state index in [1.54, 1.807) is 13.8 Å². The van der Waals surface area contributed by atoms with Gasteiger partial charge in [-0.05, 0) is 36.0 Å². The summed E-state index contributed by atoms with van der Waals surface area (Å²) in [5, 5.41) is 3.18. The van der Waals surface area contributed by atoms with Crippen molar-refractivity contribution in [1.82, 2.24) is 5.32 Å². The predicted molar refractivity (Wildman–Crippen MR) is 81.4 cm³/mol. The van der Waals surface area contributed by atoms with Crippen LogP contribution in [0.5, 0.6) is 0 Å². The molecule has 0 aromatic carbocycles. The van der Waals surface area contributed by atoms with Crippen LogP contribution < -0.4 is 5.32 Å². The molecular weight excluding hydrogens is 266 g/mol. The van der Waals surface area contributed by atoms with Gasteiger partial charge < -0.3 is 10.1 Å². The number of rotatable bonds is 4. The Morgan fingerprint density at radius 1 is 1.19 bits per heavy atom. The predicted octanol–water partition coefficient (Wildman–Crippen LogP) is 2.62. The summed E-state index contributed by atoms with van der Waals surface area (Å²) in [5.41, 5.74) is 0.422. The second-order valence-electron chi connectivity index (χ2n) is 7.67. The fourth-order valence-corrected chi connectivity index (χ4v) is 4.27. The molecule has 3 aliphatic carbocycles. The quantitative estimate of drug-likeness (QED) is 0.811. The standard InChI is InChI=1S/C17H29NO3/c1-9(10(2)16(20)21-6)15(19)18-14-8-12-7-13(11(14)3)17(12,4)5/h9-14H,7-8H2,1-6H3,(H,18,19)/t9?,10?,11?,12-,13+,14-/m1/s1. The van der Waals surface area contributed by atoms with Gasteiger partial charge in [0.2, 0.25) is 5.91 Å². The van der Waals surface area contributed by atoms with Crippen LogP contribution in [0.2, 0.25) is 0 Å². The highest BCUT2D eigenvalue weighted by molar-refractivity contribution is 5.85. The minimum atomic E-state index is -0.403. The van der Waals surface area contributed by atoms with Crippen molar-refractivity contribution in [1.29, 1.82) is 0 Å². The van der Waals surface area contributed by atoms with E-state index in [1.165, 1.54) is 13.5 Å². The van der Waals surface area contributed by atoms with E-state index >= 15 is 0 Å². The number of hydrogen-bond acceptors (Lipinski definition) is 3. The second kappa shape index (κ2) is 5.62. The van der Waals surface area contributed by atoms with E-state index in [2.05, 4.69) is 26.1 Å². The van der Waals surface area contributed by atoms with Crippen molar-refractivity contribution in [2.24, 2.45) is 35.0 Å². The van der Waals surface area contributed by atoms with Gasteiger partial charge in [0, 0.05) is 12.0 Å². The van der Waals surface area contributed by atoms with E-state index in [0.29, 0.717) is 17.3 Å². The van der Waals surface area contributed by atoms with Gasteiger partial charge in [-0.3, -0.25) is 9.59 Å². The molecular formula is C17H29NO3. The molecule has 3 rings (SSSR count). The average Bonchev–Trinajstić information content (AvgIpc) is 2.45. The SMILES string of the molecule is COC(=O)C(C)C(C)C(=O)N[C@@H]1C[C@H]2C[C@@H](C1C)C2(C)C. The number of ether oxygens (including phenoxy) is 1. The van der Waals surface area contributed by atoms with E-state index in [4.69, 9.17) is 4.74 Å². The Bertz CT molecular complexity index is 432. The highest BCUT2D eigenvalue weighted by Crippen LogP contribution is 2.61. The van der Waals surface area contributed by atoms with Crippen molar-refractivity contribution in [3.63, 3.8) is 0 Å². The third-order valence-corrected chi connectivity index (χ3v) is 6.42. The van der Waals surface area contributed by atoms with Crippen LogP contribution in [0.1, 0.15) is 47.5 Å². The maximum Gasteiger partial charge on any atom is 0.309 e. The number of fused-ring (bicyclic) bond motifs is 2. The number of amides is 1. The minimum absolute atomic E-state index is 0.0242. The molecule has 3 fully saturated rings. The fraction of sp³-hybridized carbons (Fsp3) is 0.882. The average molecular weight is 295 g/mol. The largest absolute Gasteiger partial charge is 0.469 e. The van der Waals surface area contributed by atoms with Gasteiger partial charge in [-0.1, -0.05) is 34.6 Å². The van der Waals surface area contributed by atoms with Crippen molar-refractivity contribution >= 4 is 11.9 Å². The first-order chi connectivity index (χ1) is 9.70. The van der Waals surface area contributed by atoms with Gasteiger partial charge in [0.15, 0.2) is 0 Å². The number of carbonyl (C=O) groups is 2. The number of hydrogen-bond donors (Lipinski definition) is 1. The maximum atomic E-state index is 12.4. The Kier molecular flexibility index (Phi) is 4.36. The van der Waals surface area contributed by atoms with Crippen LogP contribution in [-0.4, -0.2) is 25.0 Å². The zero-order valence-corrected chi connectivity index (χ0v) is 14.1. The van der Waals surface area contributed by atoms with E-state index in [0.717, 1.165) is 12.3 Å². The van der Waals surface area contributed by atoms with Crippen LogP contribution in [0, 0.1) is 35.0 Å². The third kappa shape index (κ3) is 2.69. The third-order valence-electron chi connectivity index (χ3n) is 6.42. The Balaban J connectivity index is 1.94. The van der Waals surface area contributed by atoms with Gasteiger partial charge in [-0.15, -0.1) is 0 Å². The normalized spacial score (nSPS) is 36.1. The van der Waals surface area contributed by atoms with Gasteiger partial charge in [-0.25, -0.2) is 0 Å². The monoisotopic (exact) mass is 295 g/mol. The van der Waals surface area contributed by atoms with Crippen LogP contribution in [0.25, 0.3) is 0 Å². The molecule has 120 valence electrons. The van der Waals surface area contributed by atoms with Crippen LogP contribution in [0.3, 0.4) is 0 Å². The summed E-state index contributed by atoms with van der Waals surface area (Å²) in [5.74, 6) is 0.833. The molecule has 0 spiro atoms. The summed E-state index contributed by atoms with van der Waals surface area (Å²) >= 11 is 0. The Morgan fingerprint density at radius 3 is 2.29 bits per heavy atom. The fourth-order valence-electron chi connectivity index (χ4n) is 4.27. The molecule has 21 heavy (non-hydrogen) atoms. The van der Waals surface area contributed by atoms with Gasteiger partial charge in [-0.2, -0.15) is 0 Å². The number of nitrogens with one attached hydrogen (secondary N) is 1. The minimum Gasteiger partial charge on any atom is -0.469 e. The molecule has 2 bridgehead atoms. The van der Waals surface area contributed by atoms with E-state index < -0.39 is 5.92 Å². The molecule has 3 saturated carbocycles. The lowest BCUT2D eigenvalue weighted by Gasteiger charge is -2.62. The summed E-state index contributed by atoms with van der Waals surface area (Å²) in [4.78, 5) is 23.9. The maximum absolute atomic E-state index is 12.4. The molecule has 4 nitrogen and oxygen atoms in total. The summed E-state index contributed by atoms with van der Waals surface area (Å²) < 4.78 is 4.73. The number of methoxy groups -OCH3 is 1. The number of carbonyl (C=O) groups excluding carboxylic acids is 2. The molecule has 0 heterocycles. The van der Waals surface area contributed by atoms with Crippen LogP contribution in [-0.2, 0) is 14.3 Å². The molecule has 1 amide bonds. The number of esters is 1. The van der Waals surface area contributed by atoms with E-state index in [1.807, 2.05) is 0 Å². The van der Waals surface area contributed by atoms with Crippen molar-refractivity contribution in [2.45, 2.75) is 53.5 Å². The zero-order valence-electron chi connectivity index (χ0n) is 14.1. The van der Waals surface area contributed by atoms with E-state index in [9.17, 15) is 9.59 Å². The van der Waals surface area contributed by atoms with Crippen LogP contribution in [0.15, 0.2) is 0 Å². The van der Waals surface area contributed by atoms with Crippen LogP contribution in [0.4, 0.5) is 0 Å². The first kappa shape index (κ1) is 16.3. The lowest BCUT2D eigenvalue weighted by Crippen LogP contribution is -2.61. The Labute approximate surface area is 128 Å². The topological polar surface area (TPSA) is 55.4 Å². The first-order valence-corrected chi connectivity index (χ1v) is 8.08. The second-order valence-corrected chi connectivity index (χ2v) is 7.67. The van der Waals surface area contributed by atoms with Gasteiger partial charge in [0.1, 0.15) is 0 Å². The molecule has 3 aliphatic rings. The molecule has 0 aliphatic heterocycles. The van der Waals surface area contributed by atoms with Crippen molar-refractivity contribution < 1.29 is 14.3 Å². The van der Waals surface area contributed by atoms with Gasteiger partial charge in [0.25, 0.3) is 0 Å². The lowest BCUT2D eigenvalue weighted by atomic mass is 9.45. The van der Waals surface area contributed by atoms with Crippen molar-refractivity contribution in [3.8, 4) is 0 Å². The van der Waals surface area contributed by atoms with Crippen molar-refractivity contribution in [2.75, 3.05) is 7.11 Å². The molecule has 0 saturated heterocycles. The summed E-state index contributed by atoms with van der Waals surface area (Å²) in [6.07, 6.45) is 2.37. The van der Waals surface area contributed by atoms with Gasteiger partial charge >= 0.3 is 5.97 Å². The summed E-state index contributed by atoms with van der Waals surface area (Å²) in [6, 6.07) is 0.251. The smallest absolute Gasteiger partial charge is 0.309 e. The van der Waals surface area contributed by atoms with Gasteiger partial charge in [0.05, 0.1) is 13.0 Å². The van der Waals surface area contributed by atoms with Crippen LogP contribution >= 0.6 is 0 Å². The summed E-state index contributed by atoms with van der Waals surface area (Å²) in [6.45, 7) is 10.5. The molecule has 0 radical (unpaired) electrons. The molecule has 0 aromatic rings. The molecule has 6 atom stereocenters.